The van der Waals surface area contributed by atoms with Crippen molar-refractivity contribution >= 4 is 23.5 Å². The minimum Gasteiger partial charge on any atom is -0.482 e. The number of urea groups is 1. The summed E-state index contributed by atoms with van der Waals surface area (Å²) in [6, 6.07) is 6.28. The van der Waals surface area contributed by atoms with Crippen LogP contribution in [-0.4, -0.2) is 25.1 Å². The Bertz CT molecular complexity index is 424. The van der Waals surface area contributed by atoms with E-state index >= 15 is 0 Å². The van der Waals surface area contributed by atoms with Crippen LogP contribution in [-0.2, 0) is 4.79 Å². The van der Waals surface area contributed by atoms with Crippen LogP contribution in [0.1, 0.15) is 13.3 Å². The average Bonchev–Trinajstić information content (AvgIpc) is 2.35. The van der Waals surface area contributed by atoms with Gasteiger partial charge in [-0.15, -0.1) is 0 Å². The molecule has 0 heterocycles. The van der Waals surface area contributed by atoms with Gasteiger partial charge in [0.05, 0.1) is 5.02 Å². The van der Waals surface area contributed by atoms with E-state index in [9.17, 15) is 9.59 Å². The smallest absolute Gasteiger partial charge is 0.321 e. The molecule has 0 aliphatic carbocycles. The molecule has 0 aliphatic rings. The predicted molar refractivity (Wildman–Crippen MR) is 68.8 cm³/mol. The maximum absolute atomic E-state index is 11.4. The third kappa shape index (κ3) is 5.05. The number of hydrogen-bond acceptors (Lipinski definition) is 3. The molecule has 0 unspecified atom stereocenters. The summed E-state index contributed by atoms with van der Waals surface area (Å²) in [6.45, 7) is 2.18. The topological polar surface area (TPSA) is 67.4 Å². The van der Waals surface area contributed by atoms with E-state index in [0.29, 0.717) is 17.3 Å². The van der Waals surface area contributed by atoms with Gasteiger partial charge in [0, 0.05) is 6.54 Å². The molecule has 0 atom stereocenters. The predicted octanol–water partition coefficient (Wildman–Crippen LogP) is 1.95. The van der Waals surface area contributed by atoms with Gasteiger partial charge in [0.25, 0.3) is 5.91 Å². The lowest BCUT2D eigenvalue weighted by atomic mass is 10.3. The second-order valence-corrected chi connectivity index (χ2v) is 3.93. The number of nitrogens with one attached hydrogen (secondary N) is 2. The van der Waals surface area contributed by atoms with Crippen molar-refractivity contribution in [2.45, 2.75) is 13.3 Å². The Morgan fingerprint density at radius 3 is 2.72 bits per heavy atom. The van der Waals surface area contributed by atoms with Gasteiger partial charge in [0.15, 0.2) is 6.61 Å². The fraction of sp³-hybridized carbons (Fsp3) is 0.333. The van der Waals surface area contributed by atoms with Crippen LogP contribution >= 0.6 is 11.6 Å². The first-order valence-corrected chi connectivity index (χ1v) is 5.96. The number of carbonyl (C=O) groups excluding carboxylic acids is 2. The zero-order valence-corrected chi connectivity index (χ0v) is 10.8. The highest BCUT2D eigenvalue weighted by Crippen LogP contribution is 2.22. The molecule has 1 rings (SSSR count). The van der Waals surface area contributed by atoms with Gasteiger partial charge < -0.3 is 10.1 Å². The van der Waals surface area contributed by atoms with Gasteiger partial charge >= 0.3 is 6.03 Å². The minimum atomic E-state index is -0.525. The number of halogens is 1. The maximum atomic E-state index is 11.4. The SMILES string of the molecule is CCCNC(=O)NC(=O)COc1ccccc1Cl. The van der Waals surface area contributed by atoms with E-state index in [1.807, 2.05) is 6.92 Å². The lowest BCUT2D eigenvalue weighted by Crippen LogP contribution is -2.41. The van der Waals surface area contributed by atoms with Crippen molar-refractivity contribution in [1.29, 1.82) is 0 Å². The van der Waals surface area contributed by atoms with E-state index in [2.05, 4.69) is 10.6 Å². The first-order chi connectivity index (χ1) is 8.63. The summed E-state index contributed by atoms with van der Waals surface area (Å²) in [5.74, 6) is -0.119. The summed E-state index contributed by atoms with van der Waals surface area (Å²) in [5, 5.41) is 5.09. The second-order valence-electron chi connectivity index (χ2n) is 3.52. The van der Waals surface area contributed by atoms with Crippen molar-refractivity contribution in [2.24, 2.45) is 0 Å². The highest BCUT2D eigenvalue weighted by Gasteiger charge is 2.08. The molecule has 6 heteroatoms. The van der Waals surface area contributed by atoms with Crippen molar-refractivity contribution in [1.82, 2.24) is 10.6 Å². The summed E-state index contributed by atoms with van der Waals surface area (Å²) in [5.41, 5.74) is 0. The van der Waals surface area contributed by atoms with E-state index < -0.39 is 11.9 Å². The van der Waals surface area contributed by atoms with Crippen LogP contribution in [0.2, 0.25) is 5.02 Å². The zero-order valence-electron chi connectivity index (χ0n) is 10.0. The Kier molecular flexibility index (Phi) is 6.00. The molecule has 0 aromatic heterocycles. The van der Waals surface area contributed by atoms with Crippen LogP contribution in [0.25, 0.3) is 0 Å². The molecule has 0 saturated heterocycles. The number of amides is 3. The van der Waals surface area contributed by atoms with Gasteiger partial charge in [-0.05, 0) is 18.6 Å². The molecule has 1 aromatic rings. The number of carbonyl (C=O) groups is 2. The Morgan fingerprint density at radius 1 is 1.33 bits per heavy atom. The van der Waals surface area contributed by atoms with Gasteiger partial charge in [-0.1, -0.05) is 30.7 Å². The van der Waals surface area contributed by atoms with E-state index in [1.165, 1.54) is 0 Å². The molecular formula is C12H15ClN2O3. The fourth-order valence-electron chi connectivity index (χ4n) is 1.15. The van der Waals surface area contributed by atoms with E-state index in [1.54, 1.807) is 24.3 Å². The first kappa shape index (κ1) is 14.3. The third-order valence-electron chi connectivity index (χ3n) is 1.98. The van der Waals surface area contributed by atoms with Crippen molar-refractivity contribution in [3.63, 3.8) is 0 Å². The molecule has 5 nitrogen and oxygen atoms in total. The Hall–Kier alpha value is -1.75. The highest BCUT2D eigenvalue weighted by atomic mass is 35.5. The van der Waals surface area contributed by atoms with E-state index in [4.69, 9.17) is 16.3 Å². The molecule has 98 valence electrons. The minimum absolute atomic E-state index is 0.261. The molecule has 3 amide bonds. The number of hydrogen-bond donors (Lipinski definition) is 2. The normalized spacial score (nSPS) is 9.67. The van der Waals surface area contributed by atoms with Crippen molar-refractivity contribution in [3.8, 4) is 5.75 Å². The molecule has 2 N–H and O–H groups in total. The Balaban J connectivity index is 2.33. The summed E-state index contributed by atoms with van der Waals surface area (Å²) in [4.78, 5) is 22.5. The van der Waals surface area contributed by atoms with Gasteiger partial charge in [-0.25, -0.2) is 4.79 Å². The molecule has 0 radical (unpaired) electrons. The van der Waals surface area contributed by atoms with Crippen molar-refractivity contribution in [3.05, 3.63) is 29.3 Å². The quantitative estimate of drug-likeness (QED) is 0.859. The van der Waals surface area contributed by atoms with Crippen LogP contribution in [0.3, 0.4) is 0 Å². The molecule has 0 aliphatic heterocycles. The average molecular weight is 271 g/mol. The van der Waals surface area contributed by atoms with Crippen LogP contribution < -0.4 is 15.4 Å². The van der Waals surface area contributed by atoms with Crippen LogP contribution in [0, 0.1) is 0 Å². The van der Waals surface area contributed by atoms with Crippen molar-refractivity contribution in [2.75, 3.05) is 13.2 Å². The summed E-state index contributed by atoms with van der Waals surface area (Å²) < 4.78 is 5.18. The summed E-state index contributed by atoms with van der Waals surface area (Å²) in [6.07, 6.45) is 0.803. The molecule has 18 heavy (non-hydrogen) atoms. The Labute approximate surface area is 110 Å². The Morgan fingerprint density at radius 2 is 2.06 bits per heavy atom. The first-order valence-electron chi connectivity index (χ1n) is 5.58. The van der Waals surface area contributed by atoms with Crippen molar-refractivity contribution < 1.29 is 14.3 Å². The zero-order chi connectivity index (χ0) is 13.4. The number of para-hydroxylation sites is 1. The number of imide groups is 1. The summed E-state index contributed by atoms with van der Waals surface area (Å²) in [7, 11) is 0. The van der Waals surface area contributed by atoms with Crippen LogP contribution in [0.4, 0.5) is 4.79 Å². The van der Waals surface area contributed by atoms with Gasteiger partial charge in [-0.3, -0.25) is 10.1 Å². The van der Waals surface area contributed by atoms with Gasteiger partial charge in [0.1, 0.15) is 5.75 Å². The number of benzene rings is 1. The van der Waals surface area contributed by atoms with E-state index in [-0.39, 0.29) is 6.61 Å². The largest absolute Gasteiger partial charge is 0.482 e. The van der Waals surface area contributed by atoms with Crippen LogP contribution in [0.5, 0.6) is 5.75 Å². The molecule has 0 saturated carbocycles. The monoisotopic (exact) mass is 270 g/mol. The lowest BCUT2D eigenvalue weighted by Gasteiger charge is -2.08. The summed E-state index contributed by atoms with van der Waals surface area (Å²) >= 11 is 5.85. The molecule has 0 fully saturated rings. The molecule has 1 aromatic carbocycles. The van der Waals surface area contributed by atoms with Crippen LogP contribution in [0.15, 0.2) is 24.3 Å². The van der Waals surface area contributed by atoms with E-state index in [0.717, 1.165) is 6.42 Å². The lowest BCUT2D eigenvalue weighted by molar-refractivity contribution is -0.122. The third-order valence-corrected chi connectivity index (χ3v) is 2.30. The van der Waals surface area contributed by atoms with Gasteiger partial charge in [0.2, 0.25) is 0 Å². The molecule has 0 spiro atoms. The molecule has 0 bridgehead atoms. The second kappa shape index (κ2) is 7.55. The highest BCUT2D eigenvalue weighted by molar-refractivity contribution is 6.32. The maximum Gasteiger partial charge on any atom is 0.321 e. The number of rotatable bonds is 5. The molecular weight excluding hydrogens is 256 g/mol. The standard InChI is InChI=1S/C12H15ClN2O3/c1-2-7-14-12(17)15-11(16)8-18-10-6-4-3-5-9(10)13/h3-6H,2,7-8H2,1H3,(H2,14,15,16,17). The van der Waals surface area contributed by atoms with Gasteiger partial charge in [-0.2, -0.15) is 0 Å². The fourth-order valence-corrected chi connectivity index (χ4v) is 1.34. The number of ether oxygens (including phenoxy) is 1.